The normalized spacial score (nSPS) is 16.5. The Balaban J connectivity index is 1.91. The number of nitrogens with one attached hydrogen (secondary N) is 1. The van der Waals surface area contributed by atoms with Crippen molar-refractivity contribution in [2.45, 2.75) is 18.9 Å². The van der Waals surface area contributed by atoms with Gasteiger partial charge in [-0.1, -0.05) is 5.10 Å². The molecule has 0 spiro atoms. The molecule has 2 heterocycles. The third kappa shape index (κ3) is 3.19. The van der Waals surface area contributed by atoms with Crippen LogP contribution in [-0.4, -0.2) is 52.0 Å². The van der Waals surface area contributed by atoms with Crippen molar-refractivity contribution >= 4 is 17.5 Å². The van der Waals surface area contributed by atoms with Crippen LogP contribution < -0.4 is 4.90 Å². The fourth-order valence-electron chi connectivity index (χ4n) is 2.09. The second-order valence-corrected chi connectivity index (χ2v) is 4.25. The molecule has 104 valence electrons. The fourth-order valence-corrected chi connectivity index (χ4v) is 2.09. The molecule has 1 fully saturated rings. The summed E-state index contributed by atoms with van der Waals surface area (Å²) < 4.78 is 5.20. The van der Waals surface area contributed by atoms with E-state index < -0.39 is 10.9 Å². The standard InChI is InChI=1S/C10H14N4O5/c15-9(16)6-19-7-1-3-13(4-2-7)8-5-11-12-10(8)14(17)18/h5,7H,1-4,6H2,(H,11,12)(H,15,16). The molecule has 0 aliphatic carbocycles. The number of piperidine rings is 1. The molecule has 9 nitrogen and oxygen atoms in total. The Morgan fingerprint density at radius 1 is 1.63 bits per heavy atom. The van der Waals surface area contributed by atoms with Crippen molar-refractivity contribution in [3.63, 3.8) is 0 Å². The molecule has 0 radical (unpaired) electrons. The van der Waals surface area contributed by atoms with E-state index in [1.54, 1.807) is 0 Å². The molecule has 1 aliphatic heterocycles. The van der Waals surface area contributed by atoms with E-state index >= 15 is 0 Å². The largest absolute Gasteiger partial charge is 0.480 e. The Kier molecular flexibility index (Phi) is 3.95. The molecule has 19 heavy (non-hydrogen) atoms. The van der Waals surface area contributed by atoms with E-state index in [9.17, 15) is 14.9 Å². The predicted octanol–water partition coefficient (Wildman–Crippen LogP) is 0.388. The lowest BCUT2D eigenvalue weighted by Crippen LogP contribution is -2.37. The molecule has 0 aromatic carbocycles. The minimum absolute atomic E-state index is 0.113. The first kappa shape index (κ1) is 13.3. The first-order valence-corrected chi connectivity index (χ1v) is 5.84. The minimum atomic E-state index is -0.993. The maximum Gasteiger partial charge on any atom is 0.366 e. The van der Waals surface area contributed by atoms with Gasteiger partial charge in [-0.25, -0.2) is 4.79 Å². The average molecular weight is 270 g/mol. The molecule has 0 saturated carbocycles. The highest BCUT2D eigenvalue weighted by Gasteiger charge is 2.26. The lowest BCUT2D eigenvalue weighted by Gasteiger charge is -2.31. The molecule has 2 rings (SSSR count). The van der Waals surface area contributed by atoms with Crippen molar-refractivity contribution in [3.8, 4) is 0 Å². The zero-order valence-electron chi connectivity index (χ0n) is 10.1. The van der Waals surface area contributed by atoms with Crippen molar-refractivity contribution in [2.24, 2.45) is 0 Å². The number of hydrogen-bond acceptors (Lipinski definition) is 6. The van der Waals surface area contributed by atoms with Crippen LogP contribution in [0.4, 0.5) is 11.5 Å². The van der Waals surface area contributed by atoms with Gasteiger partial charge in [0, 0.05) is 13.1 Å². The molecule has 2 N–H and O–H groups in total. The van der Waals surface area contributed by atoms with Crippen LogP contribution in [-0.2, 0) is 9.53 Å². The number of rotatable bonds is 5. The predicted molar refractivity (Wildman–Crippen MR) is 64.1 cm³/mol. The summed E-state index contributed by atoms with van der Waals surface area (Å²) in [6, 6.07) is 0. The van der Waals surface area contributed by atoms with Crippen LogP contribution in [0, 0.1) is 10.1 Å². The molecule has 1 aromatic rings. The van der Waals surface area contributed by atoms with E-state index in [2.05, 4.69) is 10.2 Å². The molecule has 0 atom stereocenters. The van der Waals surface area contributed by atoms with Crippen molar-refractivity contribution in [1.82, 2.24) is 10.2 Å². The highest BCUT2D eigenvalue weighted by atomic mass is 16.6. The van der Waals surface area contributed by atoms with E-state index in [1.807, 2.05) is 4.90 Å². The first-order chi connectivity index (χ1) is 9.08. The van der Waals surface area contributed by atoms with E-state index in [-0.39, 0.29) is 18.5 Å². The Morgan fingerprint density at radius 2 is 2.32 bits per heavy atom. The van der Waals surface area contributed by atoms with Crippen LogP contribution in [0.25, 0.3) is 0 Å². The van der Waals surface area contributed by atoms with Crippen molar-refractivity contribution in [3.05, 3.63) is 16.3 Å². The zero-order valence-corrected chi connectivity index (χ0v) is 10.1. The van der Waals surface area contributed by atoms with Crippen LogP contribution in [0.5, 0.6) is 0 Å². The van der Waals surface area contributed by atoms with Crippen molar-refractivity contribution < 1.29 is 19.6 Å². The van der Waals surface area contributed by atoms with Gasteiger partial charge in [-0.2, -0.15) is 0 Å². The summed E-state index contributed by atoms with van der Waals surface area (Å²) in [5.74, 6) is -1.11. The summed E-state index contributed by atoms with van der Waals surface area (Å²) in [6.07, 6.45) is 2.58. The smallest absolute Gasteiger partial charge is 0.366 e. The van der Waals surface area contributed by atoms with Gasteiger partial charge in [0.15, 0.2) is 5.69 Å². The molecule has 1 saturated heterocycles. The van der Waals surface area contributed by atoms with E-state index in [0.717, 1.165) is 0 Å². The number of carbonyl (C=O) groups is 1. The number of carboxylic acid groups (broad SMARTS) is 1. The SMILES string of the molecule is O=C(O)COC1CCN(c2cn[nH]c2[N+](=O)[O-])CC1. The number of nitrogens with zero attached hydrogens (tertiary/aromatic N) is 3. The number of aromatic nitrogens is 2. The third-order valence-corrected chi connectivity index (χ3v) is 3.01. The monoisotopic (exact) mass is 270 g/mol. The fraction of sp³-hybridized carbons (Fsp3) is 0.600. The summed E-state index contributed by atoms with van der Waals surface area (Å²) in [4.78, 5) is 22.5. The number of H-pyrrole nitrogens is 1. The van der Waals surface area contributed by atoms with Crippen LogP contribution in [0.15, 0.2) is 6.20 Å². The maximum absolute atomic E-state index is 10.8. The Labute approximate surface area is 108 Å². The van der Waals surface area contributed by atoms with Crippen molar-refractivity contribution in [1.29, 1.82) is 0 Å². The quantitative estimate of drug-likeness (QED) is 0.586. The van der Waals surface area contributed by atoms with Gasteiger partial charge in [-0.05, 0) is 17.8 Å². The highest BCUT2D eigenvalue weighted by molar-refractivity contribution is 5.68. The molecule has 0 amide bonds. The molecule has 1 aromatic heterocycles. The summed E-state index contributed by atoms with van der Waals surface area (Å²) >= 11 is 0. The van der Waals surface area contributed by atoms with Gasteiger partial charge in [0.05, 0.1) is 6.10 Å². The van der Waals surface area contributed by atoms with Gasteiger partial charge in [0.1, 0.15) is 12.8 Å². The topological polar surface area (TPSA) is 122 Å². The summed E-state index contributed by atoms with van der Waals surface area (Å²) in [5, 5.41) is 25.3. The van der Waals surface area contributed by atoms with Gasteiger partial charge in [0.25, 0.3) is 0 Å². The van der Waals surface area contributed by atoms with Gasteiger partial charge in [-0.15, -0.1) is 5.10 Å². The lowest BCUT2D eigenvalue weighted by atomic mass is 10.1. The van der Waals surface area contributed by atoms with Crippen molar-refractivity contribution in [2.75, 3.05) is 24.6 Å². The van der Waals surface area contributed by atoms with E-state index in [4.69, 9.17) is 9.84 Å². The first-order valence-electron chi connectivity index (χ1n) is 5.84. The second-order valence-electron chi connectivity index (χ2n) is 4.25. The van der Waals surface area contributed by atoms with E-state index in [1.165, 1.54) is 6.20 Å². The second kappa shape index (κ2) is 5.65. The summed E-state index contributed by atoms with van der Waals surface area (Å²) in [6.45, 7) is 0.839. The third-order valence-electron chi connectivity index (χ3n) is 3.01. The molecule has 9 heteroatoms. The Hall–Kier alpha value is -2.16. The summed E-state index contributed by atoms with van der Waals surface area (Å²) in [7, 11) is 0. The average Bonchev–Trinajstić information content (AvgIpc) is 2.86. The molecule has 0 unspecified atom stereocenters. The minimum Gasteiger partial charge on any atom is -0.480 e. The van der Waals surface area contributed by atoms with Crippen LogP contribution >= 0.6 is 0 Å². The number of hydrogen-bond donors (Lipinski definition) is 2. The number of carboxylic acids is 1. The number of nitro groups is 1. The molecular weight excluding hydrogens is 256 g/mol. The molecular formula is C10H14N4O5. The van der Waals surface area contributed by atoms with Gasteiger partial charge >= 0.3 is 11.8 Å². The Morgan fingerprint density at radius 3 is 2.89 bits per heavy atom. The Bertz CT molecular complexity index is 466. The summed E-state index contributed by atoms with van der Waals surface area (Å²) in [5.41, 5.74) is 0.460. The van der Waals surface area contributed by atoms with Gasteiger partial charge in [-0.3, -0.25) is 0 Å². The lowest BCUT2D eigenvalue weighted by molar-refractivity contribution is -0.388. The highest BCUT2D eigenvalue weighted by Crippen LogP contribution is 2.28. The van der Waals surface area contributed by atoms with Gasteiger partial charge < -0.3 is 24.9 Å². The van der Waals surface area contributed by atoms with Crippen LogP contribution in [0.1, 0.15) is 12.8 Å². The van der Waals surface area contributed by atoms with E-state index in [0.29, 0.717) is 31.6 Å². The maximum atomic E-state index is 10.8. The zero-order chi connectivity index (χ0) is 13.8. The molecule has 1 aliphatic rings. The van der Waals surface area contributed by atoms with Crippen LogP contribution in [0.3, 0.4) is 0 Å². The number of aromatic amines is 1. The van der Waals surface area contributed by atoms with Gasteiger partial charge in [0.2, 0.25) is 0 Å². The number of anilines is 1. The number of ether oxygens (including phenoxy) is 1. The van der Waals surface area contributed by atoms with Crippen LogP contribution in [0.2, 0.25) is 0 Å². The molecule has 0 bridgehead atoms. The number of aliphatic carboxylic acids is 1.